The third kappa shape index (κ3) is 2.47. The first-order valence-electron chi connectivity index (χ1n) is 6.15. The first-order valence-corrected chi connectivity index (χ1v) is 9.18. The van der Waals surface area contributed by atoms with E-state index in [0.717, 1.165) is 19.2 Å². The van der Waals surface area contributed by atoms with Gasteiger partial charge in [-0.15, -0.1) is 0 Å². The number of primary sulfonamides is 1. The van der Waals surface area contributed by atoms with Crippen molar-refractivity contribution in [3.8, 4) is 0 Å². The predicted molar refractivity (Wildman–Crippen MR) is 71.8 cm³/mol. The van der Waals surface area contributed by atoms with Crippen molar-refractivity contribution in [1.82, 2.24) is 10.0 Å². The molecule has 1 saturated carbocycles. The fourth-order valence-corrected chi connectivity index (χ4v) is 4.68. The van der Waals surface area contributed by atoms with Crippen molar-refractivity contribution in [1.29, 1.82) is 0 Å². The molecule has 0 radical (unpaired) electrons. The number of fused-ring (bicyclic) bond motifs is 1. The molecule has 0 amide bonds. The Balaban J connectivity index is 1.84. The number of hydrogen-bond acceptors (Lipinski definition) is 5. The van der Waals surface area contributed by atoms with Gasteiger partial charge in [0.25, 0.3) is 0 Å². The van der Waals surface area contributed by atoms with Gasteiger partial charge in [-0.25, -0.2) is 26.7 Å². The number of nitrogens with two attached hydrogens (primary N) is 1. The number of hydrogen-bond donors (Lipinski definition) is 3. The molecular formula is C11H15N3O4S2. The number of rotatable bonds is 4. The SMILES string of the molecule is NS(=O)(=O)c1cccc(S(=O)(=O)NC2C3CNCC32)c1. The van der Waals surface area contributed by atoms with Gasteiger partial charge >= 0.3 is 0 Å². The molecule has 110 valence electrons. The van der Waals surface area contributed by atoms with Gasteiger partial charge in [0.05, 0.1) is 9.79 Å². The topological polar surface area (TPSA) is 118 Å². The van der Waals surface area contributed by atoms with Gasteiger partial charge in [-0.3, -0.25) is 0 Å². The summed E-state index contributed by atoms with van der Waals surface area (Å²) >= 11 is 0. The molecule has 2 aliphatic rings. The lowest BCUT2D eigenvalue weighted by Crippen LogP contribution is -2.32. The third-order valence-corrected chi connectivity index (χ3v) is 6.20. The van der Waals surface area contributed by atoms with Gasteiger partial charge in [-0.1, -0.05) is 6.07 Å². The molecule has 4 N–H and O–H groups in total. The molecule has 1 saturated heterocycles. The molecule has 1 heterocycles. The maximum Gasteiger partial charge on any atom is 0.240 e. The summed E-state index contributed by atoms with van der Waals surface area (Å²) in [6, 6.07) is 5.01. The molecule has 1 aliphatic heterocycles. The van der Waals surface area contributed by atoms with Crippen LogP contribution in [0.4, 0.5) is 0 Å². The van der Waals surface area contributed by atoms with Crippen LogP contribution in [0.1, 0.15) is 0 Å². The molecular weight excluding hydrogens is 302 g/mol. The number of sulfonamides is 2. The van der Waals surface area contributed by atoms with Crippen LogP contribution in [-0.2, 0) is 20.0 Å². The maximum atomic E-state index is 12.2. The molecule has 1 aromatic rings. The minimum atomic E-state index is -3.92. The number of piperidine rings is 1. The molecule has 7 nitrogen and oxygen atoms in total. The zero-order valence-electron chi connectivity index (χ0n) is 10.5. The van der Waals surface area contributed by atoms with Gasteiger partial charge in [-0.2, -0.15) is 0 Å². The van der Waals surface area contributed by atoms with Crippen LogP contribution in [0, 0.1) is 11.8 Å². The minimum Gasteiger partial charge on any atom is -0.316 e. The summed E-state index contributed by atoms with van der Waals surface area (Å²) in [4.78, 5) is -0.292. The van der Waals surface area contributed by atoms with E-state index in [1.807, 2.05) is 0 Å². The average Bonchev–Trinajstić information content (AvgIpc) is 2.82. The molecule has 9 heteroatoms. The molecule has 3 rings (SSSR count). The van der Waals surface area contributed by atoms with Crippen LogP contribution < -0.4 is 15.2 Å². The van der Waals surface area contributed by atoms with Crippen LogP contribution >= 0.6 is 0 Å². The maximum absolute atomic E-state index is 12.2. The lowest BCUT2D eigenvalue weighted by atomic mass is 10.4. The van der Waals surface area contributed by atoms with Gasteiger partial charge in [-0.05, 0) is 43.1 Å². The summed E-state index contributed by atoms with van der Waals surface area (Å²) < 4.78 is 49.6. The third-order valence-electron chi connectivity index (χ3n) is 3.83. The van der Waals surface area contributed by atoms with Crippen molar-refractivity contribution < 1.29 is 16.8 Å². The average molecular weight is 317 g/mol. The van der Waals surface area contributed by atoms with Crippen LogP contribution in [0.25, 0.3) is 0 Å². The molecule has 1 aliphatic carbocycles. The van der Waals surface area contributed by atoms with E-state index < -0.39 is 20.0 Å². The van der Waals surface area contributed by atoms with E-state index in [0.29, 0.717) is 11.8 Å². The highest BCUT2D eigenvalue weighted by Gasteiger charge is 2.54. The van der Waals surface area contributed by atoms with Crippen LogP contribution in [-0.4, -0.2) is 36.0 Å². The number of nitrogens with one attached hydrogen (secondary N) is 2. The highest BCUT2D eigenvalue weighted by atomic mass is 32.2. The zero-order chi connectivity index (χ0) is 14.5. The molecule has 0 aromatic heterocycles. The Morgan fingerprint density at radius 3 is 2.30 bits per heavy atom. The summed E-state index contributed by atoms with van der Waals surface area (Å²) in [6.45, 7) is 1.63. The van der Waals surface area contributed by atoms with Crippen LogP contribution in [0.5, 0.6) is 0 Å². The van der Waals surface area contributed by atoms with Crippen molar-refractivity contribution in [2.45, 2.75) is 15.8 Å². The van der Waals surface area contributed by atoms with Gasteiger partial charge in [0.15, 0.2) is 0 Å². The van der Waals surface area contributed by atoms with Crippen LogP contribution in [0.3, 0.4) is 0 Å². The standard InChI is InChI=1S/C11H15N3O4S2/c12-19(15,16)7-2-1-3-8(4-7)20(17,18)14-11-9-5-13-6-10(9)11/h1-4,9-11,13-14H,5-6H2,(H2,12,15,16). The van der Waals surface area contributed by atoms with E-state index in [1.54, 1.807) is 0 Å². The lowest BCUT2D eigenvalue weighted by molar-refractivity contribution is 0.565. The van der Waals surface area contributed by atoms with E-state index in [4.69, 9.17) is 5.14 Å². The molecule has 2 unspecified atom stereocenters. The van der Waals surface area contributed by atoms with Crippen molar-refractivity contribution in [2.75, 3.05) is 13.1 Å². The van der Waals surface area contributed by atoms with Gasteiger partial charge < -0.3 is 5.32 Å². The van der Waals surface area contributed by atoms with E-state index in [2.05, 4.69) is 10.0 Å². The van der Waals surface area contributed by atoms with Gasteiger partial charge in [0.1, 0.15) is 0 Å². The summed E-state index contributed by atoms with van der Waals surface area (Å²) in [5.74, 6) is 0.678. The quantitative estimate of drug-likeness (QED) is 0.646. The van der Waals surface area contributed by atoms with Crippen molar-refractivity contribution in [3.05, 3.63) is 24.3 Å². The largest absolute Gasteiger partial charge is 0.316 e. The monoisotopic (exact) mass is 317 g/mol. The second-order valence-electron chi connectivity index (χ2n) is 5.15. The Morgan fingerprint density at radius 2 is 1.70 bits per heavy atom. The van der Waals surface area contributed by atoms with E-state index in [9.17, 15) is 16.8 Å². The Bertz CT molecular complexity index is 735. The second-order valence-corrected chi connectivity index (χ2v) is 8.43. The Hall–Kier alpha value is -1.00. The van der Waals surface area contributed by atoms with Crippen molar-refractivity contribution in [2.24, 2.45) is 17.0 Å². The van der Waals surface area contributed by atoms with Crippen LogP contribution in [0.15, 0.2) is 34.1 Å². The highest BCUT2D eigenvalue weighted by Crippen LogP contribution is 2.42. The summed E-state index contributed by atoms with van der Waals surface area (Å²) in [5, 5.41) is 8.18. The van der Waals surface area contributed by atoms with Gasteiger partial charge in [0, 0.05) is 6.04 Å². The Morgan fingerprint density at radius 1 is 1.10 bits per heavy atom. The first kappa shape index (κ1) is 14.0. The Kier molecular flexibility index (Phi) is 3.14. The van der Waals surface area contributed by atoms with E-state index >= 15 is 0 Å². The van der Waals surface area contributed by atoms with Crippen LogP contribution in [0.2, 0.25) is 0 Å². The molecule has 2 fully saturated rings. The summed E-state index contributed by atoms with van der Waals surface area (Å²) in [5.41, 5.74) is 0. The second kappa shape index (κ2) is 4.50. The summed E-state index contributed by atoms with van der Waals surface area (Å²) in [6.07, 6.45) is 0. The van der Waals surface area contributed by atoms with Crippen molar-refractivity contribution in [3.63, 3.8) is 0 Å². The number of benzene rings is 1. The zero-order valence-corrected chi connectivity index (χ0v) is 12.1. The van der Waals surface area contributed by atoms with Crippen molar-refractivity contribution >= 4 is 20.0 Å². The lowest BCUT2D eigenvalue weighted by Gasteiger charge is -2.09. The Labute approximate surface area is 117 Å². The fraction of sp³-hybridized carbons (Fsp3) is 0.455. The highest BCUT2D eigenvalue weighted by molar-refractivity contribution is 7.90. The fourth-order valence-electron chi connectivity index (χ4n) is 2.66. The molecule has 0 spiro atoms. The smallest absolute Gasteiger partial charge is 0.240 e. The first-order chi connectivity index (χ1) is 9.29. The molecule has 0 bridgehead atoms. The normalized spacial score (nSPS) is 29.1. The van der Waals surface area contributed by atoms with E-state index in [1.165, 1.54) is 18.2 Å². The van der Waals surface area contributed by atoms with Gasteiger partial charge in [0.2, 0.25) is 20.0 Å². The summed E-state index contributed by atoms with van der Waals surface area (Å²) in [7, 11) is -7.64. The van der Waals surface area contributed by atoms with E-state index in [-0.39, 0.29) is 15.8 Å². The predicted octanol–water partition coefficient (Wildman–Crippen LogP) is -1.17. The molecule has 1 aromatic carbocycles. The molecule has 2 atom stereocenters. The molecule has 20 heavy (non-hydrogen) atoms. The minimum absolute atomic E-state index is 0.0561.